The fraction of sp³-hybridized carbons (Fsp3) is 0.333. The average Bonchev–Trinajstić information content (AvgIpc) is 3.43. The Kier molecular flexibility index (Phi) is 5.85. The normalized spacial score (nSPS) is 15.5. The maximum atomic E-state index is 12.9. The zero-order valence-corrected chi connectivity index (χ0v) is 18.8. The lowest BCUT2D eigenvalue weighted by atomic mass is 9.86. The van der Waals surface area contributed by atoms with Gasteiger partial charge in [-0.25, -0.2) is 4.98 Å². The first kappa shape index (κ1) is 21.8. The second-order valence-electron chi connectivity index (χ2n) is 7.79. The standard InChI is InChI=1S/C21H26N8O2S/c1-24-21(20(23)31)6-9-29(10-7-21)16-4-3-13(22)11-14(16)26-18(30)15-12-32-19(27-15)17-5-8-25-28(17)2/h3-5,8,11-12,24H,6-7,9-10,22H2,1-2H3,(H2,23,31)(H,26,30). The number of nitrogen functional groups attached to an aromatic ring is 1. The summed E-state index contributed by atoms with van der Waals surface area (Å²) >= 11 is 1.38. The van der Waals surface area contributed by atoms with Crippen molar-refractivity contribution in [2.75, 3.05) is 36.1 Å². The number of aromatic nitrogens is 3. The highest BCUT2D eigenvalue weighted by molar-refractivity contribution is 7.13. The van der Waals surface area contributed by atoms with Crippen LogP contribution in [0, 0.1) is 0 Å². The van der Waals surface area contributed by atoms with Crippen molar-refractivity contribution >= 4 is 40.2 Å². The van der Waals surface area contributed by atoms with Gasteiger partial charge >= 0.3 is 0 Å². The lowest BCUT2D eigenvalue weighted by molar-refractivity contribution is -0.125. The van der Waals surface area contributed by atoms with E-state index in [1.807, 2.05) is 19.2 Å². The molecule has 1 fully saturated rings. The first-order valence-corrected chi connectivity index (χ1v) is 11.1. The second kappa shape index (κ2) is 8.60. The molecule has 168 valence electrons. The fourth-order valence-corrected chi connectivity index (χ4v) is 4.80. The summed E-state index contributed by atoms with van der Waals surface area (Å²) in [4.78, 5) is 31.5. The fourth-order valence-electron chi connectivity index (χ4n) is 3.94. The smallest absolute Gasteiger partial charge is 0.275 e. The SMILES string of the molecule is CNC1(C(N)=O)CCN(c2ccc(N)cc2NC(=O)c2csc(-c3ccnn3C)n2)CC1. The largest absolute Gasteiger partial charge is 0.399 e. The summed E-state index contributed by atoms with van der Waals surface area (Å²) in [6.07, 6.45) is 2.82. The minimum atomic E-state index is -0.712. The van der Waals surface area contributed by atoms with E-state index in [2.05, 4.69) is 25.6 Å². The number of hydrogen-bond donors (Lipinski definition) is 4. The van der Waals surface area contributed by atoms with Gasteiger partial charge in [-0.2, -0.15) is 5.10 Å². The van der Waals surface area contributed by atoms with Gasteiger partial charge in [-0.15, -0.1) is 11.3 Å². The van der Waals surface area contributed by atoms with Gasteiger partial charge in [-0.1, -0.05) is 0 Å². The maximum Gasteiger partial charge on any atom is 0.275 e. The van der Waals surface area contributed by atoms with Crippen LogP contribution in [-0.2, 0) is 11.8 Å². The van der Waals surface area contributed by atoms with Crippen LogP contribution in [0.5, 0.6) is 0 Å². The molecule has 0 saturated carbocycles. The van der Waals surface area contributed by atoms with E-state index in [4.69, 9.17) is 11.5 Å². The van der Waals surface area contributed by atoms with Gasteiger partial charge in [-0.3, -0.25) is 14.3 Å². The number of amides is 2. The molecule has 0 spiro atoms. The van der Waals surface area contributed by atoms with Crippen molar-refractivity contribution in [3.8, 4) is 10.7 Å². The van der Waals surface area contributed by atoms with Crippen molar-refractivity contribution in [1.82, 2.24) is 20.1 Å². The number of carbonyl (C=O) groups excluding carboxylic acids is 2. The molecular weight excluding hydrogens is 428 g/mol. The first-order chi connectivity index (χ1) is 15.3. The van der Waals surface area contributed by atoms with Crippen LogP contribution in [0.2, 0.25) is 0 Å². The van der Waals surface area contributed by atoms with Gasteiger partial charge in [-0.05, 0) is 44.2 Å². The van der Waals surface area contributed by atoms with Gasteiger partial charge in [0, 0.05) is 37.4 Å². The van der Waals surface area contributed by atoms with Crippen molar-refractivity contribution in [3.63, 3.8) is 0 Å². The Hall–Kier alpha value is -3.44. The average molecular weight is 455 g/mol. The van der Waals surface area contributed by atoms with Gasteiger partial charge < -0.3 is 27.0 Å². The zero-order chi connectivity index (χ0) is 22.9. The van der Waals surface area contributed by atoms with E-state index >= 15 is 0 Å². The number of nitrogens with zero attached hydrogens (tertiary/aromatic N) is 4. The van der Waals surface area contributed by atoms with Crippen molar-refractivity contribution in [3.05, 3.63) is 41.5 Å². The predicted molar refractivity (Wildman–Crippen MR) is 126 cm³/mol. The van der Waals surface area contributed by atoms with E-state index in [9.17, 15) is 9.59 Å². The lowest BCUT2D eigenvalue weighted by Crippen LogP contribution is -2.59. The Labute approximate surface area is 189 Å². The van der Waals surface area contributed by atoms with Crippen LogP contribution in [0.1, 0.15) is 23.3 Å². The molecule has 1 aliphatic heterocycles. The topological polar surface area (TPSA) is 144 Å². The molecule has 1 aromatic carbocycles. The lowest BCUT2D eigenvalue weighted by Gasteiger charge is -2.41. The monoisotopic (exact) mass is 454 g/mol. The van der Waals surface area contributed by atoms with Crippen molar-refractivity contribution in [2.45, 2.75) is 18.4 Å². The number of hydrogen-bond acceptors (Lipinski definition) is 8. The molecule has 0 radical (unpaired) electrons. The highest BCUT2D eigenvalue weighted by Crippen LogP contribution is 2.33. The molecule has 3 aromatic rings. The van der Waals surface area contributed by atoms with Gasteiger partial charge in [0.2, 0.25) is 5.91 Å². The number of nitrogens with one attached hydrogen (secondary N) is 2. The van der Waals surface area contributed by atoms with Crippen LogP contribution in [0.3, 0.4) is 0 Å². The third-order valence-corrected chi connectivity index (χ3v) is 6.82. The quantitative estimate of drug-likeness (QED) is 0.412. The number of primary amides is 1. The number of thiazole rings is 1. The van der Waals surface area contributed by atoms with Crippen molar-refractivity contribution in [1.29, 1.82) is 0 Å². The van der Waals surface area contributed by atoms with Gasteiger partial charge in [0.1, 0.15) is 16.2 Å². The van der Waals surface area contributed by atoms with Crippen molar-refractivity contribution in [2.24, 2.45) is 12.8 Å². The Morgan fingerprint density at radius 3 is 2.59 bits per heavy atom. The Morgan fingerprint density at radius 2 is 1.97 bits per heavy atom. The Balaban J connectivity index is 1.53. The second-order valence-corrected chi connectivity index (χ2v) is 8.65. The Bertz CT molecular complexity index is 1150. The molecule has 0 bridgehead atoms. The van der Waals surface area contributed by atoms with Crippen LogP contribution < -0.4 is 27.0 Å². The number of likely N-dealkylation sites (N-methyl/N-ethyl adjacent to an activating group) is 1. The van der Waals surface area contributed by atoms with Gasteiger partial charge in [0.15, 0.2) is 0 Å². The molecule has 3 heterocycles. The third kappa shape index (κ3) is 4.04. The van der Waals surface area contributed by atoms with Gasteiger partial charge in [0.25, 0.3) is 5.91 Å². The van der Waals surface area contributed by atoms with Crippen LogP contribution in [-0.4, -0.2) is 52.3 Å². The molecule has 2 amide bonds. The summed E-state index contributed by atoms with van der Waals surface area (Å²) in [5.41, 5.74) is 14.0. The molecule has 1 aliphatic rings. The number of nitrogens with two attached hydrogens (primary N) is 2. The summed E-state index contributed by atoms with van der Waals surface area (Å²) in [5.74, 6) is -0.668. The van der Waals surface area contributed by atoms with E-state index in [1.165, 1.54) is 11.3 Å². The number of aryl methyl sites for hydroxylation is 1. The molecule has 0 unspecified atom stereocenters. The molecule has 4 rings (SSSR count). The molecule has 0 atom stereocenters. The van der Waals surface area contributed by atoms with E-state index in [1.54, 1.807) is 35.4 Å². The number of piperidine rings is 1. The van der Waals surface area contributed by atoms with E-state index in [0.29, 0.717) is 48.0 Å². The molecule has 6 N–H and O–H groups in total. The van der Waals surface area contributed by atoms with E-state index < -0.39 is 5.54 Å². The summed E-state index contributed by atoms with van der Waals surface area (Å²) < 4.78 is 1.71. The highest BCUT2D eigenvalue weighted by Gasteiger charge is 2.38. The zero-order valence-electron chi connectivity index (χ0n) is 18.0. The minimum absolute atomic E-state index is 0.319. The van der Waals surface area contributed by atoms with Crippen LogP contribution in [0.25, 0.3) is 10.7 Å². The molecule has 2 aromatic heterocycles. The third-order valence-electron chi connectivity index (χ3n) is 5.95. The molecule has 1 saturated heterocycles. The van der Waals surface area contributed by atoms with Crippen LogP contribution >= 0.6 is 11.3 Å². The number of carbonyl (C=O) groups is 2. The molecule has 11 heteroatoms. The summed E-state index contributed by atoms with van der Waals surface area (Å²) in [7, 11) is 3.58. The first-order valence-electron chi connectivity index (χ1n) is 10.2. The number of rotatable bonds is 6. The molecular formula is C21H26N8O2S. The summed E-state index contributed by atoms with van der Waals surface area (Å²) in [6.45, 7) is 1.22. The minimum Gasteiger partial charge on any atom is -0.399 e. The van der Waals surface area contributed by atoms with Crippen LogP contribution in [0.15, 0.2) is 35.8 Å². The predicted octanol–water partition coefficient (Wildman–Crippen LogP) is 1.42. The summed E-state index contributed by atoms with van der Waals surface area (Å²) in [5, 5.41) is 12.6. The number of benzene rings is 1. The molecule has 10 nitrogen and oxygen atoms in total. The highest BCUT2D eigenvalue weighted by atomic mass is 32.1. The molecule has 32 heavy (non-hydrogen) atoms. The molecule has 0 aliphatic carbocycles. The number of anilines is 3. The summed E-state index contributed by atoms with van der Waals surface area (Å²) in [6, 6.07) is 7.26. The maximum absolute atomic E-state index is 12.9. The van der Waals surface area contributed by atoms with Crippen molar-refractivity contribution < 1.29 is 9.59 Å². The Morgan fingerprint density at radius 1 is 1.22 bits per heavy atom. The van der Waals surface area contributed by atoms with E-state index in [-0.39, 0.29) is 11.8 Å². The van der Waals surface area contributed by atoms with E-state index in [0.717, 1.165) is 11.4 Å². The van der Waals surface area contributed by atoms with Gasteiger partial charge in [0.05, 0.1) is 17.1 Å². The van der Waals surface area contributed by atoms with Crippen LogP contribution in [0.4, 0.5) is 17.1 Å².